The number of anilines is 4. The summed E-state index contributed by atoms with van der Waals surface area (Å²) < 4.78 is 1.73. The van der Waals surface area contributed by atoms with E-state index < -0.39 is 0 Å². The maximum Gasteiger partial charge on any atom is 0.263 e. The van der Waals surface area contributed by atoms with Crippen molar-refractivity contribution in [2.45, 2.75) is 118 Å². The van der Waals surface area contributed by atoms with Crippen LogP contribution in [0.15, 0.2) is 53.1 Å². The van der Waals surface area contributed by atoms with Gasteiger partial charge in [0.25, 0.3) is 5.56 Å². The van der Waals surface area contributed by atoms with E-state index in [1.807, 2.05) is 26.1 Å². The molecule has 2 aliphatic carbocycles. The third-order valence-electron chi connectivity index (χ3n) is 13.9. The van der Waals surface area contributed by atoms with Gasteiger partial charge in [-0.3, -0.25) is 33.9 Å². The number of nitrogens with zero attached hydrogens (tertiary/aromatic N) is 7. The summed E-state index contributed by atoms with van der Waals surface area (Å²) in [7, 11) is 2.14. The molecule has 3 saturated heterocycles. The third-order valence-corrected chi connectivity index (χ3v) is 13.9. The van der Waals surface area contributed by atoms with Gasteiger partial charge in [-0.2, -0.15) is 4.98 Å². The molecule has 9 rings (SSSR count). The van der Waals surface area contributed by atoms with E-state index in [4.69, 9.17) is 4.98 Å². The van der Waals surface area contributed by atoms with E-state index in [2.05, 4.69) is 80.5 Å². The van der Waals surface area contributed by atoms with Crippen LogP contribution in [0.25, 0.3) is 16.6 Å². The highest BCUT2D eigenvalue weighted by atomic mass is 16.2. The summed E-state index contributed by atoms with van der Waals surface area (Å²) in [5.41, 5.74) is 8.57. The molecular formula is C51H67N9O5. The van der Waals surface area contributed by atoms with Crippen molar-refractivity contribution in [3.8, 4) is 0 Å². The molecule has 0 bridgehead atoms. The molecule has 0 radical (unpaired) electrons. The fraction of sp³-hybridized carbons (Fsp3) is 0.529. The highest BCUT2D eigenvalue weighted by Crippen LogP contribution is 2.39. The molecule has 14 nitrogen and oxygen atoms in total. The van der Waals surface area contributed by atoms with Crippen LogP contribution in [0.2, 0.25) is 0 Å². The Bertz CT molecular complexity index is 2490. The molecule has 14 heteroatoms. The first-order valence-electron chi connectivity index (χ1n) is 23.8. The van der Waals surface area contributed by atoms with Crippen LogP contribution in [0, 0.1) is 18.8 Å². The van der Waals surface area contributed by atoms with Gasteiger partial charge in [-0.15, -0.1) is 0 Å². The zero-order valence-electron chi connectivity index (χ0n) is 39.5. The number of piperazine rings is 1. The number of hydrogen-bond donors (Lipinski definition) is 2. The van der Waals surface area contributed by atoms with Gasteiger partial charge in [0.1, 0.15) is 11.5 Å². The number of nitrogens with one attached hydrogen (secondary N) is 2. The van der Waals surface area contributed by atoms with Gasteiger partial charge in [0, 0.05) is 86.4 Å². The fourth-order valence-corrected chi connectivity index (χ4v) is 9.25. The highest BCUT2D eigenvalue weighted by Gasteiger charge is 2.27. The summed E-state index contributed by atoms with van der Waals surface area (Å²) >= 11 is 0. The Morgan fingerprint density at radius 2 is 1.51 bits per heavy atom. The highest BCUT2D eigenvalue weighted by molar-refractivity contribution is 6.03. The van der Waals surface area contributed by atoms with Crippen molar-refractivity contribution < 1.29 is 19.2 Å². The Labute approximate surface area is 383 Å². The molecule has 2 saturated carbocycles. The summed E-state index contributed by atoms with van der Waals surface area (Å²) in [6.45, 7) is 17.7. The van der Waals surface area contributed by atoms with Gasteiger partial charge in [0.15, 0.2) is 11.6 Å². The minimum absolute atomic E-state index is 0.0164. The summed E-state index contributed by atoms with van der Waals surface area (Å²) in [5, 5.41) is 6.17. The second kappa shape index (κ2) is 21.0. The van der Waals surface area contributed by atoms with Gasteiger partial charge < -0.3 is 20.0 Å². The molecule has 2 atom stereocenters. The van der Waals surface area contributed by atoms with Crippen molar-refractivity contribution in [2.75, 3.05) is 61.4 Å². The van der Waals surface area contributed by atoms with Gasteiger partial charge in [-0.05, 0) is 126 Å². The minimum Gasteiger partial charge on any atom is -0.372 e. The Hall–Kier alpha value is -5.76. The van der Waals surface area contributed by atoms with Crippen LogP contribution < -0.4 is 26.0 Å². The molecule has 346 valence electrons. The van der Waals surface area contributed by atoms with Crippen LogP contribution in [0.3, 0.4) is 0 Å². The van der Waals surface area contributed by atoms with E-state index in [1.54, 1.807) is 17.7 Å². The van der Waals surface area contributed by atoms with Crippen molar-refractivity contribution in [1.29, 1.82) is 0 Å². The van der Waals surface area contributed by atoms with Crippen molar-refractivity contribution in [3.63, 3.8) is 0 Å². The maximum absolute atomic E-state index is 13.4. The SMILES string of the molecule is CC(=O)c1c(C)c2cnc(Nc3ccc(N4CCN(C)CC4)cn3)nc2n(C2CCCC2)c1=O.CC1CCC(=O)NC1=O.CCC(C)C(=O)c1ccc(N2CCCC2)cc1C(C)=C1CC1. The van der Waals surface area contributed by atoms with E-state index in [-0.39, 0.29) is 46.6 Å². The number of allylic oxidation sites excluding steroid dienone is 2. The van der Waals surface area contributed by atoms with Crippen LogP contribution in [-0.2, 0) is 9.59 Å². The van der Waals surface area contributed by atoms with Crippen LogP contribution >= 0.6 is 0 Å². The molecule has 0 spiro atoms. The number of carbonyl (C=O) groups excluding carboxylic acids is 4. The number of carbonyl (C=O) groups is 4. The van der Waals surface area contributed by atoms with Crippen LogP contribution in [0.4, 0.5) is 23.1 Å². The number of rotatable bonds is 10. The summed E-state index contributed by atoms with van der Waals surface area (Å²) in [4.78, 5) is 80.4. The number of imide groups is 1. The first-order chi connectivity index (χ1) is 31.2. The van der Waals surface area contributed by atoms with Crippen molar-refractivity contribution >= 4 is 63.1 Å². The smallest absolute Gasteiger partial charge is 0.263 e. The molecule has 2 N–H and O–H groups in total. The second-order valence-corrected chi connectivity index (χ2v) is 18.6. The van der Waals surface area contributed by atoms with Gasteiger partial charge in [-0.1, -0.05) is 39.2 Å². The molecule has 6 heterocycles. The molecule has 3 aliphatic heterocycles. The minimum atomic E-state index is -0.247. The number of ketones is 2. The number of fused-ring (bicyclic) bond motifs is 1. The molecule has 2 unspecified atom stereocenters. The lowest BCUT2D eigenvalue weighted by Gasteiger charge is -2.33. The van der Waals surface area contributed by atoms with Crippen molar-refractivity contribution in [2.24, 2.45) is 11.8 Å². The molecule has 4 aromatic rings. The van der Waals surface area contributed by atoms with Gasteiger partial charge in [-0.25, -0.2) is 9.97 Å². The van der Waals surface area contributed by atoms with Gasteiger partial charge in [0.2, 0.25) is 17.8 Å². The zero-order chi connectivity index (χ0) is 46.4. The van der Waals surface area contributed by atoms with Crippen molar-refractivity contribution in [3.05, 3.63) is 80.9 Å². The summed E-state index contributed by atoms with van der Waals surface area (Å²) in [6.07, 6.45) is 14.6. The number of hydrogen-bond acceptors (Lipinski definition) is 12. The van der Waals surface area contributed by atoms with Gasteiger partial charge in [0.05, 0.1) is 17.4 Å². The topological polar surface area (TPSA) is 163 Å². The molecule has 65 heavy (non-hydrogen) atoms. The van der Waals surface area contributed by atoms with Crippen LogP contribution in [0.1, 0.15) is 143 Å². The predicted molar refractivity (Wildman–Crippen MR) is 258 cm³/mol. The molecule has 2 amide bonds. The average Bonchev–Trinajstić information content (AvgIpc) is 3.72. The first kappa shape index (κ1) is 47.2. The van der Waals surface area contributed by atoms with Crippen LogP contribution in [-0.4, -0.2) is 94.1 Å². The van der Waals surface area contributed by atoms with E-state index in [0.29, 0.717) is 41.6 Å². The first-order valence-corrected chi connectivity index (χ1v) is 23.8. The zero-order valence-corrected chi connectivity index (χ0v) is 39.5. The number of aromatic nitrogens is 4. The van der Waals surface area contributed by atoms with E-state index in [1.165, 1.54) is 55.0 Å². The fourth-order valence-electron chi connectivity index (χ4n) is 9.25. The molecular weight excluding hydrogens is 819 g/mol. The Balaban J connectivity index is 0.000000173. The van der Waals surface area contributed by atoms with E-state index >= 15 is 0 Å². The average molecular weight is 886 g/mol. The summed E-state index contributed by atoms with van der Waals surface area (Å²) in [5.74, 6) is 0.951. The second-order valence-electron chi connectivity index (χ2n) is 18.6. The monoisotopic (exact) mass is 886 g/mol. The number of piperidine rings is 1. The van der Waals surface area contributed by atoms with Gasteiger partial charge >= 0.3 is 0 Å². The quantitative estimate of drug-likeness (QED) is 0.116. The lowest BCUT2D eigenvalue weighted by molar-refractivity contribution is -0.135. The maximum atomic E-state index is 13.4. The number of benzene rings is 1. The number of Topliss-reactive ketones (excluding diaryl/α,β-unsaturated/α-hetero) is 2. The number of amides is 2. The molecule has 5 fully saturated rings. The third kappa shape index (κ3) is 11.2. The Morgan fingerprint density at radius 1 is 0.831 bits per heavy atom. The normalized spacial score (nSPS) is 19.2. The van der Waals surface area contributed by atoms with Crippen molar-refractivity contribution in [1.82, 2.24) is 29.7 Å². The molecule has 3 aromatic heterocycles. The lowest BCUT2D eigenvalue weighted by atomic mass is 9.90. The Morgan fingerprint density at radius 3 is 2.11 bits per heavy atom. The standard InChI is InChI=1S/C25H31N7O2.C20H27NO.C6H9NO2/c1-16-20-15-27-25(28-21-9-8-19(14-26-21)31-12-10-30(3)11-13-31)29-23(20)32(18-6-4-5-7-18)24(34)22(16)17(2)33;1-4-14(2)20(22)18-10-9-17(21-11-5-6-12-21)13-19(18)15(3)16-7-8-16;1-4-2-3-5(8)7-6(4)9/h8-9,14-15,18H,4-7,10-13H2,1-3H3,(H,26,27,28,29);9-10,13-14H,4-8,11-12H2,1-3H3;4H,2-3H2,1H3,(H,7,8,9). The molecule has 5 aliphatic rings. The lowest BCUT2D eigenvalue weighted by Crippen LogP contribution is -2.44. The largest absolute Gasteiger partial charge is 0.372 e. The number of pyridine rings is 2. The van der Waals surface area contributed by atoms with E-state index in [9.17, 15) is 24.0 Å². The molecule has 1 aromatic carbocycles. The number of aryl methyl sites for hydroxylation is 1. The van der Waals surface area contributed by atoms with Crippen LogP contribution in [0.5, 0.6) is 0 Å². The Kier molecular flexibility index (Phi) is 15.3. The predicted octanol–water partition coefficient (Wildman–Crippen LogP) is 8.45. The summed E-state index contributed by atoms with van der Waals surface area (Å²) in [6, 6.07) is 10.5. The number of likely N-dealkylation sites (N-methyl/N-ethyl adjacent to an activating group) is 1. The van der Waals surface area contributed by atoms with E-state index in [0.717, 1.165) is 88.0 Å².